The molecule has 1 saturated carbocycles. The van der Waals surface area contributed by atoms with Crippen molar-refractivity contribution >= 4 is 23.0 Å². The minimum atomic E-state index is -0.685. The molecule has 3 heterocycles. The number of para-hydroxylation sites is 1. The van der Waals surface area contributed by atoms with E-state index in [-0.39, 0.29) is 30.5 Å². The fourth-order valence-electron chi connectivity index (χ4n) is 6.40. The molecule has 2 fully saturated rings. The van der Waals surface area contributed by atoms with Gasteiger partial charge in [-0.25, -0.2) is 9.59 Å². The van der Waals surface area contributed by atoms with Crippen molar-refractivity contribution in [1.82, 2.24) is 30.1 Å². The highest BCUT2D eigenvalue weighted by atomic mass is 16.6. The van der Waals surface area contributed by atoms with Crippen LogP contribution in [0.5, 0.6) is 5.75 Å². The predicted octanol–water partition coefficient (Wildman–Crippen LogP) is 5.55. The van der Waals surface area contributed by atoms with Gasteiger partial charge < -0.3 is 18.8 Å². The third-order valence-electron chi connectivity index (χ3n) is 8.33. The molecule has 2 aromatic heterocycles. The van der Waals surface area contributed by atoms with Crippen molar-refractivity contribution in [2.24, 2.45) is 11.8 Å². The maximum absolute atomic E-state index is 13.1. The van der Waals surface area contributed by atoms with Gasteiger partial charge in [-0.2, -0.15) is 5.21 Å². The van der Waals surface area contributed by atoms with Gasteiger partial charge in [0.1, 0.15) is 17.4 Å². The van der Waals surface area contributed by atoms with E-state index in [9.17, 15) is 9.59 Å². The van der Waals surface area contributed by atoms with E-state index in [1.165, 1.54) is 0 Å². The lowest BCUT2D eigenvalue weighted by Crippen LogP contribution is -2.56. The van der Waals surface area contributed by atoms with Crippen molar-refractivity contribution in [2.75, 3.05) is 13.2 Å². The summed E-state index contributed by atoms with van der Waals surface area (Å²) >= 11 is 0. The monoisotopic (exact) mass is 586 g/mol. The molecule has 2 aliphatic rings. The van der Waals surface area contributed by atoms with Crippen molar-refractivity contribution in [2.45, 2.75) is 71.1 Å². The van der Waals surface area contributed by atoms with E-state index >= 15 is 0 Å². The number of piperidine rings is 1. The van der Waals surface area contributed by atoms with Gasteiger partial charge in [0.2, 0.25) is 5.82 Å². The highest BCUT2D eigenvalue weighted by Gasteiger charge is 2.46. The Morgan fingerprint density at radius 3 is 2.65 bits per heavy atom. The van der Waals surface area contributed by atoms with Crippen LogP contribution in [0.1, 0.15) is 53.4 Å². The average Bonchev–Trinajstić information content (AvgIpc) is 3.66. The fourth-order valence-corrected chi connectivity index (χ4v) is 6.40. The Morgan fingerprint density at radius 2 is 1.88 bits per heavy atom. The quantitative estimate of drug-likeness (QED) is 0.292. The number of aromatic amines is 1. The zero-order valence-electron chi connectivity index (χ0n) is 25.0. The Kier molecular flexibility index (Phi) is 7.81. The summed E-state index contributed by atoms with van der Waals surface area (Å²) in [7, 11) is 0. The number of esters is 1. The van der Waals surface area contributed by atoms with Crippen LogP contribution in [0.25, 0.3) is 28.0 Å². The van der Waals surface area contributed by atoms with Crippen molar-refractivity contribution in [1.29, 1.82) is 0 Å². The second kappa shape index (κ2) is 11.7. The number of nitrogens with zero attached hydrogens (tertiary/aromatic N) is 5. The largest absolute Gasteiger partial charge is 0.490 e. The van der Waals surface area contributed by atoms with Crippen LogP contribution in [0, 0.1) is 11.8 Å². The van der Waals surface area contributed by atoms with Crippen LogP contribution in [-0.4, -0.2) is 73.1 Å². The molecule has 11 heteroatoms. The highest BCUT2D eigenvalue weighted by molar-refractivity contribution is 5.83. The zero-order chi connectivity index (χ0) is 30.1. The predicted molar refractivity (Wildman–Crippen MR) is 160 cm³/mol. The van der Waals surface area contributed by atoms with Gasteiger partial charge in [0.25, 0.3) is 0 Å². The number of hydrogen-bond acceptors (Lipinski definition) is 8. The summed E-state index contributed by atoms with van der Waals surface area (Å²) in [5.74, 6) is 1.18. The Balaban J connectivity index is 1.25. The topological polar surface area (TPSA) is 124 Å². The Morgan fingerprint density at radius 1 is 1.05 bits per heavy atom. The van der Waals surface area contributed by atoms with Crippen molar-refractivity contribution < 1.29 is 23.8 Å². The van der Waals surface area contributed by atoms with Gasteiger partial charge >= 0.3 is 12.1 Å². The number of ether oxygens (including phenoxy) is 3. The third kappa shape index (κ3) is 6.07. The molecular weight excluding hydrogens is 548 g/mol. The van der Waals surface area contributed by atoms with Gasteiger partial charge in [-0.3, -0.25) is 4.90 Å². The number of nitrogens with one attached hydrogen (secondary N) is 1. The maximum atomic E-state index is 13.1. The molecule has 1 N–H and O–H groups in total. The second-order valence-corrected chi connectivity index (χ2v) is 12.4. The highest BCUT2D eigenvalue weighted by Crippen LogP contribution is 2.42. The molecule has 4 aromatic rings. The number of hydrogen-bond donors (Lipinski definition) is 1. The standard InChI is InChI=1S/C32H38N6O5/c1-5-41-30(39)27-17-22-16-24(12-10-21(22)19-38(27)31(40)43-32(2,3)4)42-28-18-23(11-13-25(28)29-33-35-36-34-29)37-15-14-20-8-6-7-9-26(20)37/h6-9,11,13-15,18,21-22,24,27H,5,10,12,16-17,19H2,1-4H3,(H,33,34,35,36)/t21-,22+,24-,27-/m0/s1. The number of rotatable bonds is 6. The van der Waals surface area contributed by atoms with Crippen LogP contribution in [0.15, 0.2) is 54.7 Å². The molecule has 1 amide bonds. The molecule has 0 bridgehead atoms. The Labute approximate surface area is 250 Å². The van der Waals surface area contributed by atoms with Crippen molar-refractivity contribution in [3.8, 4) is 22.8 Å². The number of likely N-dealkylation sites (tertiary alicyclic amines) is 1. The molecule has 1 aliphatic carbocycles. The van der Waals surface area contributed by atoms with Crippen LogP contribution < -0.4 is 4.74 Å². The summed E-state index contributed by atoms with van der Waals surface area (Å²) in [6.45, 7) is 7.98. The normalized spacial score (nSPS) is 22.2. The molecule has 2 aromatic carbocycles. The van der Waals surface area contributed by atoms with E-state index in [4.69, 9.17) is 14.2 Å². The van der Waals surface area contributed by atoms with E-state index < -0.39 is 17.7 Å². The number of benzene rings is 2. The van der Waals surface area contributed by atoms with Gasteiger partial charge in [0.15, 0.2) is 0 Å². The first-order valence-corrected chi connectivity index (χ1v) is 15.0. The van der Waals surface area contributed by atoms with E-state index in [0.29, 0.717) is 24.5 Å². The number of amides is 1. The summed E-state index contributed by atoms with van der Waals surface area (Å²) in [6.07, 6.45) is 4.44. The number of H-pyrrole nitrogens is 1. The molecule has 0 unspecified atom stereocenters. The molecule has 1 saturated heterocycles. The molecule has 43 heavy (non-hydrogen) atoms. The minimum Gasteiger partial charge on any atom is -0.490 e. The van der Waals surface area contributed by atoms with Crippen LogP contribution in [0.3, 0.4) is 0 Å². The summed E-state index contributed by atoms with van der Waals surface area (Å²) in [4.78, 5) is 27.7. The molecule has 0 radical (unpaired) electrons. The van der Waals surface area contributed by atoms with Crippen molar-refractivity contribution in [3.05, 3.63) is 54.7 Å². The minimum absolute atomic E-state index is 0.0838. The molecule has 226 valence electrons. The van der Waals surface area contributed by atoms with Crippen LogP contribution in [0.2, 0.25) is 0 Å². The summed E-state index contributed by atoms with van der Waals surface area (Å²) in [6, 6.07) is 15.7. The van der Waals surface area contributed by atoms with E-state index in [1.807, 2.05) is 51.1 Å². The zero-order valence-corrected chi connectivity index (χ0v) is 25.0. The summed E-state index contributed by atoms with van der Waals surface area (Å²) in [5.41, 5.74) is 2.16. The number of fused-ring (bicyclic) bond motifs is 2. The first kappa shape index (κ1) is 28.7. The van der Waals surface area contributed by atoms with Gasteiger partial charge in [-0.15, -0.1) is 10.2 Å². The van der Waals surface area contributed by atoms with Gasteiger partial charge in [-0.05, 0) is 100 Å². The third-order valence-corrected chi connectivity index (χ3v) is 8.33. The van der Waals surface area contributed by atoms with Gasteiger partial charge in [0.05, 0.1) is 23.8 Å². The Bertz CT molecular complexity index is 1590. The molecule has 11 nitrogen and oxygen atoms in total. The van der Waals surface area contributed by atoms with Crippen molar-refractivity contribution in [3.63, 3.8) is 0 Å². The number of carbonyl (C=O) groups excluding carboxylic acids is 2. The second-order valence-electron chi connectivity index (χ2n) is 12.4. The Hall–Kier alpha value is -4.41. The summed E-state index contributed by atoms with van der Waals surface area (Å²) < 4.78 is 19.9. The molecule has 4 atom stereocenters. The fraction of sp³-hybridized carbons (Fsp3) is 0.469. The number of carbonyl (C=O) groups is 2. The van der Waals surface area contributed by atoms with E-state index in [2.05, 4.69) is 49.6 Å². The number of tetrazole rings is 1. The van der Waals surface area contributed by atoms with Gasteiger partial charge in [-0.1, -0.05) is 18.2 Å². The van der Waals surface area contributed by atoms with Crippen LogP contribution >= 0.6 is 0 Å². The van der Waals surface area contributed by atoms with Crippen LogP contribution in [-0.2, 0) is 14.3 Å². The SMILES string of the molecule is CCOC(=O)[C@@H]1C[C@H]2C[C@@H](Oc3cc(-n4ccc5ccccc54)ccc3-c3nn[nH]n3)CC[C@H]2CN1C(=O)OC(C)(C)C. The molecular formula is C32H38N6O5. The van der Waals surface area contributed by atoms with E-state index in [0.717, 1.165) is 41.4 Å². The van der Waals surface area contributed by atoms with Crippen LogP contribution in [0.4, 0.5) is 4.79 Å². The first-order chi connectivity index (χ1) is 20.7. The average molecular weight is 587 g/mol. The molecule has 6 rings (SSSR count). The lowest BCUT2D eigenvalue weighted by Gasteiger charge is -2.46. The molecule has 1 aliphatic heterocycles. The number of aromatic nitrogens is 5. The first-order valence-electron chi connectivity index (χ1n) is 15.0. The van der Waals surface area contributed by atoms with E-state index in [1.54, 1.807) is 11.8 Å². The lowest BCUT2D eigenvalue weighted by molar-refractivity contribution is -0.153. The summed E-state index contributed by atoms with van der Waals surface area (Å²) in [5, 5.41) is 15.9. The maximum Gasteiger partial charge on any atom is 0.411 e. The molecule has 0 spiro atoms. The van der Waals surface area contributed by atoms with Gasteiger partial charge in [0, 0.05) is 24.5 Å². The lowest BCUT2D eigenvalue weighted by atomic mass is 9.72. The smallest absolute Gasteiger partial charge is 0.411 e.